The molecule has 42 valence electrons. The molecule has 2 heteroatoms. The average molecular weight is 109 g/mol. The zero-order chi connectivity index (χ0) is 5.98. The monoisotopic (exact) mass is 109 g/mol. The third-order valence-electron chi connectivity index (χ3n) is 1.30. The predicted molar refractivity (Wildman–Crippen MR) is 28.0 cm³/mol. The predicted octanol–water partition coefficient (Wildman–Crippen LogP) is 0.879. The highest BCUT2D eigenvalue weighted by Crippen LogP contribution is 2.32. The van der Waals surface area contributed by atoms with Gasteiger partial charge in [0.1, 0.15) is 6.07 Å². The molecule has 0 radical (unpaired) electrons. The van der Waals surface area contributed by atoms with Crippen LogP contribution in [0.1, 0.15) is 19.3 Å². The molecule has 0 heterocycles. The first-order valence-electron chi connectivity index (χ1n) is 2.76. The van der Waals surface area contributed by atoms with E-state index in [4.69, 9.17) is 5.26 Å². The number of Topliss-reactive ketones (excluding diaryl/α,β-unsaturated/α-hetero) is 1. The van der Waals surface area contributed by atoms with Gasteiger partial charge in [0, 0.05) is 6.42 Å². The summed E-state index contributed by atoms with van der Waals surface area (Å²) in [4.78, 5) is 10.3. The first kappa shape index (κ1) is 5.30. The standard InChI is InChI=1S/C6H7NO/c7-4-6(8)3-5-1-2-5/h5H,1-3H2. The van der Waals surface area contributed by atoms with E-state index in [1.807, 2.05) is 0 Å². The molecule has 1 saturated carbocycles. The zero-order valence-electron chi connectivity index (χ0n) is 4.55. The largest absolute Gasteiger partial charge is 0.283 e. The van der Waals surface area contributed by atoms with E-state index in [0.717, 1.165) is 12.8 Å². The molecule has 8 heavy (non-hydrogen) atoms. The van der Waals surface area contributed by atoms with Gasteiger partial charge in [-0.05, 0) is 18.8 Å². The molecule has 0 aromatic heterocycles. The maximum Gasteiger partial charge on any atom is 0.232 e. The van der Waals surface area contributed by atoms with E-state index in [1.165, 1.54) is 0 Å². The average Bonchev–Trinajstić information content (AvgIpc) is 2.50. The van der Waals surface area contributed by atoms with Crippen molar-refractivity contribution in [1.82, 2.24) is 0 Å². The lowest BCUT2D eigenvalue weighted by Gasteiger charge is -1.81. The second-order valence-electron chi connectivity index (χ2n) is 2.18. The van der Waals surface area contributed by atoms with Crippen molar-refractivity contribution < 1.29 is 4.79 Å². The van der Waals surface area contributed by atoms with E-state index in [1.54, 1.807) is 6.07 Å². The van der Waals surface area contributed by atoms with Gasteiger partial charge in [0.15, 0.2) is 0 Å². The van der Waals surface area contributed by atoms with Crippen LogP contribution in [0.5, 0.6) is 0 Å². The van der Waals surface area contributed by atoms with Crippen molar-refractivity contribution in [2.75, 3.05) is 0 Å². The Kier molecular flexibility index (Phi) is 1.29. The SMILES string of the molecule is N#CC(=O)CC1CC1. The van der Waals surface area contributed by atoms with E-state index in [9.17, 15) is 4.79 Å². The van der Waals surface area contributed by atoms with Crippen molar-refractivity contribution >= 4 is 5.78 Å². The molecule has 0 saturated heterocycles. The molecule has 2 nitrogen and oxygen atoms in total. The minimum atomic E-state index is -0.257. The molecule has 0 aliphatic heterocycles. The van der Waals surface area contributed by atoms with Crippen molar-refractivity contribution in [1.29, 1.82) is 5.26 Å². The molecule has 1 rings (SSSR count). The highest BCUT2D eigenvalue weighted by Gasteiger charge is 2.23. The van der Waals surface area contributed by atoms with Gasteiger partial charge in [-0.2, -0.15) is 5.26 Å². The van der Waals surface area contributed by atoms with Gasteiger partial charge in [-0.1, -0.05) is 0 Å². The molecule has 0 unspecified atom stereocenters. The zero-order valence-corrected chi connectivity index (χ0v) is 4.55. The molecule has 1 aliphatic carbocycles. The molecule has 0 spiro atoms. The Bertz CT molecular complexity index is 141. The van der Waals surface area contributed by atoms with Gasteiger partial charge in [0.05, 0.1) is 0 Å². The van der Waals surface area contributed by atoms with Crippen LogP contribution in [0, 0.1) is 17.2 Å². The fourth-order valence-electron chi connectivity index (χ4n) is 0.630. The molecule has 0 bridgehead atoms. The summed E-state index contributed by atoms with van der Waals surface area (Å²) in [6.07, 6.45) is 2.79. The fraction of sp³-hybridized carbons (Fsp3) is 0.667. The molecule has 0 aromatic carbocycles. The van der Waals surface area contributed by atoms with Gasteiger partial charge in [-0.3, -0.25) is 4.79 Å². The van der Waals surface area contributed by atoms with Crippen molar-refractivity contribution in [3.05, 3.63) is 0 Å². The van der Waals surface area contributed by atoms with Gasteiger partial charge >= 0.3 is 0 Å². The Morgan fingerprint density at radius 1 is 1.75 bits per heavy atom. The van der Waals surface area contributed by atoms with E-state index < -0.39 is 0 Å². The van der Waals surface area contributed by atoms with Crippen LogP contribution in [0.2, 0.25) is 0 Å². The third-order valence-corrected chi connectivity index (χ3v) is 1.30. The minimum absolute atomic E-state index is 0.257. The molecule has 0 atom stereocenters. The summed E-state index contributed by atoms with van der Waals surface area (Å²) in [6, 6.07) is 1.60. The van der Waals surface area contributed by atoms with Gasteiger partial charge < -0.3 is 0 Å². The summed E-state index contributed by atoms with van der Waals surface area (Å²) in [7, 11) is 0. The summed E-state index contributed by atoms with van der Waals surface area (Å²) >= 11 is 0. The molecule has 0 amide bonds. The minimum Gasteiger partial charge on any atom is -0.283 e. The van der Waals surface area contributed by atoms with Crippen LogP contribution in [0.3, 0.4) is 0 Å². The van der Waals surface area contributed by atoms with Gasteiger partial charge in [-0.25, -0.2) is 0 Å². The number of nitrogens with zero attached hydrogens (tertiary/aromatic N) is 1. The van der Waals surface area contributed by atoms with Crippen molar-refractivity contribution in [3.8, 4) is 6.07 Å². The van der Waals surface area contributed by atoms with Crippen molar-refractivity contribution in [3.63, 3.8) is 0 Å². The fourth-order valence-corrected chi connectivity index (χ4v) is 0.630. The lowest BCUT2D eigenvalue weighted by molar-refractivity contribution is -0.114. The smallest absolute Gasteiger partial charge is 0.232 e. The third kappa shape index (κ3) is 1.34. The van der Waals surface area contributed by atoms with Crippen molar-refractivity contribution in [2.45, 2.75) is 19.3 Å². The van der Waals surface area contributed by atoms with Crippen molar-refractivity contribution in [2.24, 2.45) is 5.92 Å². The van der Waals surface area contributed by atoms with E-state index in [2.05, 4.69) is 0 Å². The van der Waals surface area contributed by atoms with Crippen LogP contribution in [-0.4, -0.2) is 5.78 Å². The topological polar surface area (TPSA) is 40.9 Å². The molecule has 1 aliphatic rings. The number of ketones is 1. The molecule has 0 N–H and O–H groups in total. The second kappa shape index (κ2) is 1.95. The number of hydrogen-bond acceptors (Lipinski definition) is 2. The Balaban J connectivity index is 2.19. The van der Waals surface area contributed by atoms with Crippen LogP contribution in [0.15, 0.2) is 0 Å². The second-order valence-corrected chi connectivity index (χ2v) is 2.18. The molecular formula is C6H7NO. The first-order chi connectivity index (χ1) is 3.83. The quantitative estimate of drug-likeness (QED) is 0.494. The number of carbonyl (C=O) groups excluding carboxylic acids is 1. The highest BCUT2D eigenvalue weighted by atomic mass is 16.1. The van der Waals surface area contributed by atoms with Gasteiger partial charge in [0.2, 0.25) is 5.78 Å². The summed E-state index contributed by atoms with van der Waals surface area (Å²) in [5.74, 6) is 0.301. The highest BCUT2D eigenvalue weighted by molar-refractivity contribution is 5.93. The summed E-state index contributed by atoms with van der Waals surface area (Å²) < 4.78 is 0. The Morgan fingerprint density at radius 2 is 2.38 bits per heavy atom. The van der Waals surface area contributed by atoms with Crippen LogP contribution >= 0.6 is 0 Å². The maximum atomic E-state index is 10.3. The molecule has 0 aromatic rings. The number of hydrogen-bond donors (Lipinski definition) is 0. The first-order valence-corrected chi connectivity index (χ1v) is 2.76. The van der Waals surface area contributed by atoms with Gasteiger partial charge in [0.25, 0.3) is 0 Å². The lowest BCUT2D eigenvalue weighted by Crippen LogP contribution is -1.92. The van der Waals surface area contributed by atoms with E-state index in [-0.39, 0.29) is 5.78 Å². The Hall–Kier alpha value is -0.840. The Morgan fingerprint density at radius 3 is 2.75 bits per heavy atom. The maximum absolute atomic E-state index is 10.3. The van der Waals surface area contributed by atoms with Crippen LogP contribution in [0.25, 0.3) is 0 Å². The van der Waals surface area contributed by atoms with Crippen LogP contribution in [-0.2, 0) is 4.79 Å². The molecule has 1 fully saturated rings. The summed E-state index contributed by atoms with van der Waals surface area (Å²) in [5, 5.41) is 8.01. The van der Waals surface area contributed by atoms with E-state index in [0.29, 0.717) is 12.3 Å². The van der Waals surface area contributed by atoms with Crippen LogP contribution < -0.4 is 0 Å². The normalized spacial score (nSPS) is 17.4. The number of carbonyl (C=O) groups is 1. The number of nitriles is 1. The summed E-state index contributed by atoms with van der Waals surface area (Å²) in [6.45, 7) is 0. The summed E-state index contributed by atoms with van der Waals surface area (Å²) in [5.41, 5.74) is 0. The van der Waals surface area contributed by atoms with Crippen LogP contribution in [0.4, 0.5) is 0 Å². The number of rotatable bonds is 2. The lowest BCUT2D eigenvalue weighted by atomic mass is 10.2. The Labute approximate surface area is 48.1 Å². The molecular weight excluding hydrogens is 102 g/mol. The van der Waals surface area contributed by atoms with Gasteiger partial charge in [-0.15, -0.1) is 0 Å². The van der Waals surface area contributed by atoms with E-state index >= 15 is 0 Å².